The Morgan fingerprint density at radius 2 is 2.00 bits per heavy atom. The number of ether oxygens (including phenoxy) is 2. The van der Waals surface area contributed by atoms with Gasteiger partial charge in [0.15, 0.2) is 0 Å². The van der Waals surface area contributed by atoms with Crippen molar-refractivity contribution in [2.24, 2.45) is 0 Å². The van der Waals surface area contributed by atoms with E-state index in [1.54, 1.807) is 38.3 Å². The second kappa shape index (κ2) is 7.41. The number of hydrogen-bond donors (Lipinski definition) is 0. The number of benzene rings is 1. The van der Waals surface area contributed by atoms with E-state index in [-0.39, 0.29) is 12.5 Å². The van der Waals surface area contributed by atoms with Crippen molar-refractivity contribution in [3.8, 4) is 5.75 Å². The summed E-state index contributed by atoms with van der Waals surface area (Å²) in [5, 5.41) is 0. The van der Waals surface area contributed by atoms with Gasteiger partial charge in [0.1, 0.15) is 12.3 Å². The van der Waals surface area contributed by atoms with E-state index in [2.05, 4.69) is 0 Å². The Hall–Kier alpha value is -2.04. The van der Waals surface area contributed by atoms with Crippen molar-refractivity contribution in [1.29, 1.82) is 0 Å². The summed E-state index contributed by atoms with van der Waals surface area (Å²) in [5.41, 5.74) is 0.491. The summed E-state index contributed by atoms with van der Waals surface area (Å²) in [4.78, 5) is 25.1. The fourth-order valence-corrected chi connectivity index (χ4v) is 1.63. The van der Waals surface area contributed by atoms with Gasteiger partial charge in [0, 0.05) is 12.1 Å². The van der Waals surface area contributed by atoms with E-state index < -0.39 is 5.97 Å². The van der Waals surface area contributed by atoms with Gasteiger partial charge in [0.25, 0.3) is 5.91 Å². The standard InChI is InChI=1S/C14H19NO4/c1-4-15(10-13(16)19-5-2)14(17)11-7-6-8-12(9-11)18-3/h6-9H,4-5,10H2,1-3H3. The molecule has 0 spiro atoms. The Labute approximate surface area is 113 Å². The van der Waals surface area contributed by atoms with E-state index >= 15 is 0 Å². The van der Waals surface area contributed by atoms with E-state index in [4.69, 9.17) is 9.47 Å². The maximum atomic E-state index is 12.2. The minimum absolute atomic E-state index is 0.0413. The fourth-order valence-electron chi connectivity index (χ4n) is 1.63. The number of carbonyl (C=O) groups excluding carboxylic acids is 2. The Morgan fingerprint density at radius 3 is 2.58 bits per heavy atom. The van der Waals surface area contributed by atoms with Gasteiger partial charge in [-0.15, -0.1) is 0 Å². The van der Waals surface area contributed by atoms with E-state index in [1.807, 2.05) is 6.92 Å². The van der Waals surface area contributed by atoms with Crippen molar-refractivity contribution < 1.29 is 19.1 Å². The lowest BCUT2D eigenvalue weighted by atomic mass is 10.2. The summed E-state index contributed by atoms with van der Waals surface area (Å²) in [5.74, 6) is -0.00640. The molecule has 5 nitrogen and oxygen atoms in total. The Balaban J connectivity index is 2.79. The molecule has 0 N–H and O–H groups in total. The summed E-state index contributed by atoms with van der Waals surface area (Å²) in [7, 11) is 1.54. The third kappa shape index (κ3) is 4.28. The number of amides is 1. The van der Waals surface area contributed by atoms with Gasteiger partial charge in [-0.1, -0.05) is 6.07 Å². The van der Waals surface area contributed by atoms with E-state index in [9.17, 15) is 9.59 Å². The molecule has 0 atom stereocenters. The van der Waals surface area contributed by atoms with Crippen molar-refractivity contribution in [2.75, 3.05) is 26.8 Å². The molecule has 0 fully saturated rings. The maximum absolute atomic E-state index is 12.2. The third-order valence-electron chi connectivity index (χ3n) is 2.61. The summed E-state index contributed by atoms with van der Waals surface area (Å²) >= 11 is 0. The number of esters is 1. The topological polar surface area (TPSA) is 55.8 Å². The second-order valence-corrected chi connectivity index (χ2v) is 3.86. The number of likely N-dealkylation sites (N-methyl/N-ethyl adjacent to an activating group) is 1. The lowest BCUT2D eigenvalue weighted by molar-refractivity contribution is -0.143. The minimum Gasteiger partial charge on any atom is -0.497 e. The molecule has 0 aliphatic rings. The molecule has 0 aliphatic heterocycles. The van der Waals surface area contributed by atoms with Crippen LogP contribution in [0.25, 0.3) is 0 Å². The normalized spacial score (nSPS) is 9.84. The van der Waals surface area contributed by atoms with Gasteiger partial charge in [-0.25, -0.2) is 0 Å². The van der Waals surface area contributed by atoms with Crippen LogP contribution in [-0.4, -0.2) is 43.6 Å². The molecule has 0 saturated carbocycles. The monoisotopic (exact) mass is 265 g/mol. The van der Waals surface area contributed by atoms with Crippen molar-refractivity contribution in [2.45, 2.75) is 13.8 Å². The molecule has 0 bridgehead atoms. The summed E-state index contributed by atoms with van der Waals surface area (Å²) in [6.45, 7) is 4.26. The van der Waals surface area contributed by atoms with Crippen LogP contribution >= 0.6 is 0 Å². The van der Waals surface area contributed by atoms with Crippen molar-refractivity contribution >= 4 is 11.9 Å². The highest BCUT2D eigenvalue weighted by atomic mass is 16.5. The molecule has 1 aromatic carbocycles. The lowest BCUT2D eigenvalue weighted by Crippen LogP contribution is -2.36. The van der Waals surface area contributed by atoms with Gasteiger partial charge < -0.3 is 14.4 Å². The van der Waals surface area contributed by atoms with Crippen LogP contribution in [0.15, 0.2) is 24.3 Å². The zero-order chi connectivity index (χ0) is 14.3. The third-order valence-corrected chi connectivity index (χ3v) is 2.61. The molecule has 1 amide bonds. The van der Waals surface area contributed by atoms with Crippen molar-refractivity contribution in [1.82, 2.24) is 4.90 Å². The smallest absolute Gasteiger partial charge is 0.325 e. The van der Waals surface area contributed by atoms with Crippen molar-refractivity contribution in [3.63, 3.8) is 0 Å². The molecule has 5 heteroatoms. The molecule has 1 aromatic rings. The molecule has 0 heterocycles. The fraction of sp³-hybridized carbons (Fsp3) is 0.429. The Morgan fingerprint density at radius 1 is 1.26 bits per heavy atom. The predicted molar refractivity (Wildman–Crippen MR) is 71.2 cm³/mol. The van der Waals surface area contributed by atoms with Gasteiger partial charge in [-0.2, -0.15) is 0 Å². The van der Waals surface area contributed by atoms with Crippen LogP contribution in [0.1, 0.15) is 24.2 Å². The molecule has 0 unspecified atom stereocenters. The zero-order valence-electron chi connectivity index (χ0n) is 11.5. The maximum Gasteiger partial charge on any atom is 0.325 e. The molecule has 1 rings (SSSR count). The van der Waals surface area contributed by atoms with Crippen LogP contribution in [0.2, 0.25) is 0 Å². The second-order valence-electron chi connectivity index (χ2n) is 3.86. The Bertz CT molecular complexity index is 445. The zero-order valence-corrected chi connectivity index (χ0v) is 11.5. The summed E-state index contributed by atoms with van der Waals surface area (Å²) in [6.07, 6.45) is 0. The first-order valence-corrected chi connectivity index (χ1v) is 6.21. The molecule has 0 aromatic heterocycles. The average molecular weight is 265 g/mol. The highest BCUT2D eigenvalue weighted by Crippen LogP contribution is 2.14. The first kappa shape index (κ1) is 15.0. The first-order valence-electron chi connectivity index (χ1n) is 6.21. The molecule has 0 saturated heterocycles. The number of nitrogens with zero attached hydrogens (tertiary/aromatic N) is 1. The molecule has 0 radical (unpaired) electrons. The molecule has 0 aliphatic carbocycles. The van der Waals surface area contributed by atoms with Gasteiger partial charge in [-0.05, 0) is 32.0 Å². The molecule has 19 heavy (non-hydrogen) atoms. The number of rotatable bonds is 6. The summed E-state index contributed by atoms with van der Waals surface area (Å²) < 4.78 is 9.92. The van der Waals surface area contributed by atoms with E-state index in [1.165, 1.54) is 4.90 Å². The van der Waals surface area contributed by atoms with Crippen LogP contribution in [-0.2, 0) is 9.53 Å². The quantitative estimate of drug-likeness (QED) is 0.735. The van der Waals surface area contributed by atoms with Gasteiger partial charge in [0.2, 0.25) is 0 Å². The van der Waals surface area contributed by atoms with Crippen molar-refractivity contribution in [3.05, 3.63) is 29.8 Å². The molecular weight excluding hydrogens is 246 g/mol. The average Bonchev–Trinajstić information content (AvgIpc) is 2.44. The van der Waals surface area contributed by atoms with Crippen LogP contribution in [0, 0.1) is 0 Å². The molecule has 104 valence electrons. The van der Waals surface area contributed by atoms with Gasteiger partial charge in [-0.3, -0.25) is 9.59 Å². The largest absolute Gasteiger partial charge is 0.497 e. The summed E-state index contributed by atoms with van der Waals surface area (Å²) in [6, 6.07) is 6.84. The van der Waals surface area contributed by atoms with Gasteiger partial charge >= 0.3 is 5.97 Å². The first-order chi connectivity index (χ1) is 9.12. The number of carbonyl (C=O) groups is 2. The van der Waals surface area contributed by atoms with E-state index in [0.717, 1.165) is 0 Å². The van der Waals surface area contributed by atoms with Crippen LogP contribution in [0.4, 0.5) is 0 Å². The minimum atomic E-state index is -0.402. The lowest BCUT2D eigenvalue weighted by Gasteiger charge is -2.20. The van der Waals surface area contributed by atoms with Crippen LogP contribution < -0.4 is 4.74 Å². The number of hydrogen-bond acceptors (Lipinski definition) is 4. The molecular formula is C14H19NO4. The van der Waals surface area contributed by atoms with Crippen LogP contribution in [0.3, 0.4) is 0 Å². The number of methoxy groups -OCH3 is 1. The SMILES string of the molecule is CCOC(=O)CN(CC)C(=O)c1cccc(OC)c1. The van der Waals surface area contributed by atoms with E-state index in [0.29, 0.717) is 24.5 Å². The van der Waals surface area contributed by atoms with Crippen LogP contribution in [0.5, 0.6) is 5.75 Å². The predicted octanol–water partition coefficient (Wildman–Crippen LogP) is 1.72. The highest BCUT2D eigenvalue weighted by molar-refractivity contribution is 5.96. The van der Waals surface area contributed by atoms with Gasteiger partial charge in [0.05, 0.1) is 13.7 Å². The highest BCUT2D eigenvalue weighted by Gasteiger charge is 2.18. The Kier molecular flexibility index (Phi) is 5.85.